The van der Waals surface area contributed by atoms with E-state index in [0.717, 1.165) is 41.0 Å². The Kier molecular flexibility index (Phi) is 4.58. The molecule has 0 radical (unpaired) electrons. The fourth-order valence-electron chi connectivity index (χ4n) is 3.01. The van der Waals surface area contributed by atoms with Crippen LogP contribution in [0.5, 0.6) is 5.75 Å². The fourth-order valence-corrected chi connectivity index (χ4v) is 3.99. The molecule has 1 aliphatic carbocycles. The topological polar surface area (TPSA) is 9.23 Å². The Balaban J connectivity index is 1.55. The molecule has 0 aliphatic heterocycles. The van der Waals surface area contributed by atoms with E-state index in [1.54, 1.807) is 17.4 Å². The van der Waals surface area contributed by atoms with Gasteiger partial charge in [0, 0.05) is 15.3 Å². The van der Waals surface area contributed by atoms with Gasteiger partial charge in [0.05, 0.1) is 6.10 Å². The van der Waals surface area contributed by atoms with Crippen molar-refractivity contribution in [1.29, 1.82) is 0 Å². The van der Waals surface area contributed by atoms with Crippen molar-refractivity contribution in [2.75, 3.05) is 0 Å². The Morgan fingerprint density at radius 1 is 1.00 bits per heavy atom. The summed E-state index contributed by atoms with van der Waals surface area (Å²) in [5.41, 5.74) is 2.58. The van der Waals surface area contributed by atoms with E-state index >= 15 is 0 Å². The molecule has 1 saturated carbocycles. The van der Waals surface area contributed by atoms with Crippen LogP contribution < -0.4 is 4.74 Å². The van der Waals surface area contributed by atoms with Gasteiger partial charge in [0.1, 0.15) is 11.6 Å². The molecule has 128 valence electrons. The second-order valence-corrected chi connectivity index (χ2v) is 7.68. The highest BCUT2D eigenvalue weighted by Gasteiger charge is 2.18. The standard InChI is InChI=1S/C22H21FOS/c1-2-19-11-13-22(25-19)20-12-8-16(14-21(20)23)15-6-9-18(10-7-15)24-17-4-3-5-17/h6-14,17H,2-5H2,1H3. The first kappa shape index (κ1) is 16.3. The summed E-state index contributed by atoms with van der Waals surface area (Å²) >= 11 is 1.66. The molecule has 0 atom stereocenters. The van der Waals surface area contributed by atoms with Gasteiger partial charge >= 0.3 is 0 Å². The van der Waals surface area contributed by atoms with Crippen LogP contribution in [0.3, 0.4) is 0 Å². The lowest BCUT2D eigenvalue weighted by Crippen LogP contribution is -2.24. The van der Waals surface area contributed by atoms with Gasteiger partial charge in [-0.2, -0.15) is 0 Å². The first-order valence-electron chi connectivity index (χ1n) is 8.88. The van der Waals surface area contributed by atoms with Crippen LogP contribution in [0.1, 0.15) is 31.1 Å². The molecule has 0 spiro atoms. The van der Waals surface area contributed by atoms with Crippen LogP contribution in [0.25, 0.3) is 21.6 Å². The minimum Gasteiger partial charge on any atom is -0.490 e. The van der Waals surface area contributed by atoms with Crippen LogP contribution in [0.4, 0.5) is 4.39 Å². The first-order valence-corrected chi connectivity index (χ1v) is 9.70. The molecule has 1 aromatic heterocycles. The summed E-state index contributed by atoms with van der Waals surface area (Å²) in [5, 5.41) is 0. The van der Waals surface area contributed by atoms with Crippen molar-refractivity contribution in [2.24, 2.45) is 0 Å². The van der Waals surface area contributed by atoms with Crippen molar-refractivity contribution in [3.8, 4) is 27.3 Å². The van der Waals surface area contributed by atoms with Crippen LogP contribution in [-0.2, 0) is 6.42 Å². The number of thiophene rings is 1. The van der Waals surface area contributed by atoms with Gasteiger partial charge in [0.2, 0.25) is 0 Å². The molecule has 3 aromatic rings. The third kappa shape index (κ3) is 3.47. The number of ether oxygens (including phenoxy) is 1. The van der Waals surface area contributed by atoms with Crippen molar-refractivity contribution in [3.63, 3.8) is 0 Å². The molecule has 1 nitrogen and oxygen atoms in total. The zero-order valence-corrected chi connectivity index (χ0v) is 15.1. The first-order chi connectivity index (χ1) is 12.2. The highest BCUT2D eigenvalue weighted by Crippen LogP contribution is 2.33. The third-order valence-electron chi connectivity index (χ3n) is 4.79. The van der Waals surface area contributed by atoms with E-state index in [-0.39, 0.29) is 5.82 Å². The summed E-state index contributed by atoms with van der Waals surface area (Å²) in [7, 11) is 0. The zero-order valence-electron chi connectivity index (χ0n) is 14.3. The Labute approximate surface area is 152 Å². The van der Waals surface area contributed by atoms with Gasteiger partial charge in [-0.15, -0.1) is 11.3 Å². The third-order valence-corrected chi connectivity index (χ3v) is 6.05. The highest BCUT2D eigenvalue weighted by molar-refractivity contribution is 7.15. The minimum atomic E-state index is -0.170. The number of hydrogen-bond acceptors (Lipinski definition) is 2. The van der Waals surface area contributed by atoms with Crippen LogP contribution in [-0.4, -0.2) is 6.10 Å². The van der Waals surface area contributed by atoms with E-state index in [2.05, 4.69) is 13.0 Å². The molecule has 1 heterocycles. The average Bonchev–Trinajstić information content (AvgIpc) is 3.07. The van der Waals surface area contributed by atoms with Gasteiger partial charge in [0.15, 0.2) is 0 Å². The second kappa shape index (κ2) is 7.01. The lowest BCUT2D eigenvalue weighted by molar-refractivity contribution is 0.120. The van der Waals surface area contributed by atoms with Crippen molar-refractivity contribution in [1.82, 2.24) is 0 Å². The summed E-state index contributed by atoms with van der Waals surface area (Å²) in [6.07, 6.45) is 4.92. The molecular weight excluding hydrogens is 331 g/mol. The number of aryl methyl sites for hydroxylation is 1. The summed E-state index contributed by atoms with van der Waals surface area (Å²) in [6, 6.07) is 17.6. The number of benzene rings is 2. The molecule has 0 N–H and O–H groups in total. The molecule has 0 bridgehead atoms. The normalized spacial score (nSPS) is 14.3. The van der Waals surface area contributed by atoms with E-state index in [1.807, 2.05) is 42.5 Å². The van der Waals surface area contributed by atoms with Gasteiger partial charge in [0.25, 0.3) is 0 Å². The molecule has 0 unspecified atom stereocenters. The Hall–Kier alpha value is -2.13. The van der Waals surface area contributed by atoms with Crippen molar-refractivity contribution >= 4 is 11.3 Å². The highest BCUT2D eigenvalue weighted by atomic mass is 32.1. The molecule has 0 saturated heterocycles. The van der Waals surface area contributed by atoms with Gasteiger partial charge in [-0.05, 0) is 73.2 Å². The number of halogens is 1. The molecule has 3 heteroatoms. The monoisotopic (exact) mass is 352 g/mol. The van der Waals surface area contributed by atoms with Crippen molar-refractivity contribution in [3.05, 3.63) is 65.3 Å². The van der Waals surface area contributed by atoms with E-state index in [0.29, 0.717) is 11.7 Å². The van der Waals surface area contributed by atoms with Crippen LogP contribution in [0, 0.1) is 5.82 Å². The molecule has 1 fully saturated rings. The minimum absolute atomic E-state index is 0.170. The lowest BCUT2D eigenvalue weighted by Gasteiger charge is -2.26. The van der Waals surface area contributed by atoms with E-state index in [4.69, 9.17) is 4.74 Å². The van der Waals surface area contributed by atoms with E-state index < -0.39 is 0 Å². The maximum absolute atomic E-state index is 14.6. The summed E-state index contributed by atoms with van der Waals surface area (Å²) in [5.74, 6) is 0.730. The molecule has 25 heavy (non-hydrogen) atoms. The summed E-state index contributed by atoms with van der Waals surface area (Å²) < 4.78 is 20.5. The van der Waals surface area contributed by atoms with E-state index in [9.17, 15) is 4.39 Å². The summed E-state index contributed by atoms with van der Waals surface area (Å²) in [6.45, 7) is 2.12. The van der Waals surface area contributed by atoms with E-state index in [1.165, 1.54) is 11.3 Å². The smallest absolute Gasteiger partial charge is 0.132 e. The van der Waals surface area contributed by atoms with Crippen LogP contribution >= 0.6 is 11.3 Å². The van der Waals surface area contributed by atoms with Crippen LogP contribution in [0.2, 0.25) is 0 Å². The Bertz CT molecular complexity index is 862. The second-order valence-electron chi connectivity index (χ2n) is 6.51. The number of rotatable bonds is 5. The molecule has 0 amide bonds. The molecule has 1 aliphatic rings. The summed E-state index contributed by atoms with van der Waals surface area (Å²) in [4.78, 5) is 2.27. The maximum atomic E-state index is 14.6. The quantitative estimate of drug-likeness (QED) is 0.495. The lowest BCUT2D eigenvalue weighted by atomic mass is 9.96. The van der Waals surface area contributed by atoms with Crippen molar-refractivity contribution < 1.29 is 9.13 Å². The largest absolute Gasteiger partial charge is 0.490 e. The number of hydrogen-bond donors (Lipinski definition) is 0. The molecule has 4 rings (SSSR count). The molecular formula is C22H21FOS. The van der Waals surface area contributed by atoms with Crippen molar-refractivity contribution in [2.45, 2.75) is 38.7 Å². The van der Waals surface area contributed by atoms with Crippen LogP contribution in [0.15, 0.2) is 54.6 Å². The average molecular weight is 352 g/mol. The zero-order chi connectivity index (χ0) is 17.2. The van der Waals surface area contributed by atoms with Gasteiger partial charge in [-0.1, -0.05) is 25.1 Å². The predicted molar refractivity (Wildman–Crippen MR) is 103 cm³/mol. The predicted octanol–water partition coefficient (Wildman–Crippen LogP) is 6.71. The fraction of sp³-hybridized carbons (Fsp3) is 0.273. The van der Waals surface area contributed by atoms with Gasteiger partial charge < -0.3 is 4.74 Å². The maximum Gasteiger partial charge on any atom is 0.132 e. The van der Waals surface area contributed by atoms with Gasteiger partial charge in [-0.3, -0.25) is 0 Å². The molecule has 2 aromatic carbocycles. The SMILES string of the molecule is CCc1ccc(-c2ccc(-c3ccc(OC4CCC4)cc3)cc2F)s1. The Morgan fingerprint density at radius 3 is 2.36 bits per heavy atom. The van der Waals surface area contributed by atoms with Gasteiger partial charge in [-0.25, -0.2) is 4.39 Å². The Morgan fingerprint density at radius 2 is 1.76 bits per heavy atom.